The van der Waals surface area contributed by atoms with E-state index in [1.54, 1.807) is 0 Å². The maximum Gasteiger partial charge on any atom is 0.207 e. The summed E-state index contributed by atoms with van der Waals surface area (Å²) >= 11 is 0. The molecule has 0 amide bonds. The Morgan fingerprint density at radius 3 is 2.74 bits per heavy atom. The summed E-state index contributed by atoms with van der Waals surface area (Å²) in [6.07, 6.45) is 9.13. The van der Waals surface area contributed by atoms with Crippen molar-refractivity contribution in [2.45, 2.75) is 45.6 Å². The second-order valence-electron chi connectivity index (χ2n) is 5.31. The molecule has 4 nitrogen and oxygen atoms in total. The van der Waals surface area contributed by atoms with Crippen molar-refractivity contribution in [1.82, 2.24) is 14.5 Å². The molecule has 0 saturated heterocycles. The van der Waals surface area contributed by atoms with Gasteiger partial charge < -0.3 is 9.88 Å². The molecule has 0 unspecified atom stereocenters. The lowest BCUT2D eigenvalue weighted by Gasteiger charge is -2.16. The summed E-state index contributed by atoms with van der Waals surface area (Å²) in [5.41, 5.74) is 3.10. The van der Waals surface area contributed by atoms with Crippen molar-refractivity contribution < 1.29 is 0 Å². The van der Waals surface area contributed by atoms with E-state index in [1.165, 1.54) is 25.7 Å². The predicted octanol–water partition coefficient (Wildman–Crippen LogP) is 3.75. The van der Waals surface area contributed by atoms with Gasteiger partial charge in [0.15, 0.2) is 0 Å². The van der Waals surface area contributed by atoms with Gasteiger partial charge in [-0.3, -0.25) is 4.98 Å². The molecule has 0 aliphatic heterocycles. The van der Waals surface area contributed by atoms with Gasteiger partial charge in [0.05, 0.1) is 11.4 Å². The minimum atomic E-state index is 0.601. The van der Waals surface area contributed by atoms with Crippen molar-refractivity contribution >= 4 is 11.6 Å². The summed E-state index contributed by atoms with van der Waals surface area (Å²) in [7, 11) is 0. The third-order valence-electron chi connectivity index (χ3n) is 3.86. The van der Waals surface area contributed by atoms with Crippen LogP contribution in [0.4, 0.5) is 11.6 Å². The third-order valence-corrected chi connectivity index (χ3v) is 3.86. The molecule has 0 atom stereocenters. The number of pyridine rings is 1. The smallest absolute Gasteiger partial charge is 0.207 e. The largest absolute Gasteiger partial charge is 0.324 e. The SMILES string of the molecule is Cc1ccc(Nc2nccn2C2CCCC2)c(C)n1. The monoisotopic (exact) mass is 256 g/mol. The van der Waals surface area contributed by atoms with E-state index in [0.717, 1.165) is 23.0 Å². The molecule has 100 valence electrons. The van der Waals surface area contributed by atoms with Gasteiger partial charge in [-0.1, -0.05) is 12.8 Å². The number of hydrogen-bond donors (Lipinski definition) is 1. The average Bonchev–Trinajstić information content (AvgIpc) is 3.03. The van der Waals surface area contributed by atoms with Crippen LogP contribution in [0.1, 0.15) is 43.1 Å². The van der Waals surface area contributed by atoms with Crippen LogP contribution in [0, 0.1) is 13.8 Å². The molecule has 3 rings (SSSR count). The van der Waals surface area contributed by atoms with Gasteiger partial charge in [-0.15, -0.1) is 0 Å². The van der Waals surface area contributed by atoms with Crippen LogP contribution in [0.15, 0.2) is 24.5 Å². The number of aryl methyl sites for hydroxylation is 2. The Morgan fingerprint density at radius 1 is 1.21 bits per heavy atom. The van der Waals surface area contributed by atoms with Crippen LogP contribution in [0.2, 0.25) is 0 Å². The van der Waals surface area contributed by atoms with Gasteiger partial charge in [0.2, 0.25) is 5.95 Å². The Balaban J connectivity index is 1.85. The third kappa shape index (κ3) is 2.48. The van der Waals surface area contributed by atoms with E-state index < -0.39 is 0 Å². The average molecular weight is 256 g/mol. The first-order chi connectivity index (χ1) is 9.24. The lowest BCUT2D eigenvalue weighted by molar-refractivity contribution is 0.525. The van der Waals surface area contributed by atoms with Crippen molar-refractivity contribution in [1.29, 1.82) is 0 Å². The molecule has 2 aromatic heterocycles. The number of nitrogens with one attached hydrogen (secondary N) is 1. The molecule has 19 heavy (non-hydrogen) atoms. The second-order valence-corrected chi connectivity index (χ2v) is 5.31. The van der Waals surface area contributed by atoms with Crippen molar-refractivity contribution in [2.75, 3.05) is 5.32 Å². The number of rotatable bonds is 3. The van der Waals surface area contributed by atoms with E-state index in [1.807, 2.05) is 26.1 Å². The Hall–Kier alpha value is -1.84. The highest BCUT2D eigenvalue weighted by atomic mass is 15.2. The van der Waals surface area contributed by atoms with Gasteiger partial charge in [-0.2, -0.15) is 0 Å². The van der Waals surface area contributed by atoms with Gasteiger partial charge in [0.25, 0.3) is 0 Å². The minimum Gasteiger partial charge on any atom is -0.324 e. The van der Waals surface area contributed by atoms with E-state index in [-0.39, 0.29) is 0 Å². The van der Waals surface area contributed by atoms with Crippen LogP contribution >= 0.6 is 0 Å². The standard InChI is InChI=1S/C15H20N4/c1-11-7-8-14(12(2)17-11)18-15-16-9-10-19(15)13-5-3-4-6-13/h7-10,13H,3-6H2,1-2H3,(H,16,18). The highest BCUT2D eigenvalue weighted by molar-refractivity contribution is 5.56. The van der Waals surface area contributed by atoms with Crippen LogP contribution in [0.25, 0.3) is 0 Å². The summed E-state index contributed by atoms with van der Waals surface area (Å²) in [5.74, 6) is 0.931. The lowest BCUT2D eigenvalue weighted by Crippen LogP contribution is -2.08. The van der Waals surface area contributed by atoms with Gasteiger partial charge in [0.1, 0.15) is 0 Å². The van der Waals surface area contributed by atoms with E-state index in [9.17, 15) is 0 Å². The molecule has 0 spiro atoms. The first-order valence-electron chi connectivity index (χ1n) is 6.98. The van der Waals surface area contributed by atoms with Crippen molar-refractivity contribution in [3.8, 4) is 0 Å². The second kappa shape index (κ2) is 5.03. The Morgan fingerprint density at radius 2 is 2.00 bits per heavy atom. The molecular weight excluding hydrogens is 236 g/mol. The molecule has 2 heterocycles. The Bertz CT molecular complexity index is 567. The maximum atomic E-state index is 4.48. The van der Waals surface area contributed by atoms with Crippen LogP contribution in [-0.2, 0) is 0 Å². The van der Waals surface area contributed by atoms with E-state index >= 15 is 0 Å². The normalized spacial score (nSPS) is 15.9. The molecule has 0 aromatic carbocycles. The number of anilines is 2. The summed E-state index contributed by atoms with van der Waals surface area (Å²) < 4.78 is 2.27. The van der Waals surface area contributed by atoms with Crippen LogP contribution in [0.3, 0.4) is 0 Å². The quantitative estimate of drug-likeness (QED) is 0.909. The fourth-order valence-corrected chi connectivity index (χ4v) is 2.83. The van der Waals surface area contributed by atoms with Crippen LogP contribution in [0.5, 0.6) is 0 Å². The maximum absolute atomic E-state index is 4.48. The van der Waals surface area contributed by atoms with Crippen molar-refractivity contribution in [3.63, 3.8) is 0 Å². The number of aromatic nitrogens is 3. The molecule has 0 radical (unpaired) electrons. The summed E-state index contributed by atoms with van der Waals surface area (Å²) in [4.78, 5) is 8.93. The molecular formula is C15H20N4. The van der Waals surface area contributed by atoms with E-state index in [2.05, 4.69) is 32.1 Å². The van der Waals surface area contributed by atoms with Gasteiger partial charge >= 0.3 is 0 Å². The zero-order valence-corrected chi connectivity index (χ0v) is 11.6. The lowest BCUT2D eigenvalue weighted by atomic mass is 10.2. The molecule has 1 aliphatic rings. The minimum absolute atomic E-state index is 0.601. The molecule has 2 aromatic rings. The van der Waals surface area contributed by atoms with Crippen LogP contribution in [-0.4, -0.2) is 14.5 Å². The van der Waals surface area contributed by atoms with Crippen LogP contribution < -0.4 is 5.32 Å². The van der Waals surface area contributed by atoms with Gasteiger partial charge in [0, 0.05) is 24.1 Å². The molecule has 1 aliphatic carbocycles. The topological polar surface area (TPSA) is 42.7 Å². The number of hydrogen-bond acceptors (Lipinski definition) is 3. The summed E-state index contributed by atoms with van der Waals surface area (Å²) in [6, 6.07) is 4.70. The Kier molecular flexibility index (Phi) is 3.23. The fourth-order valence-electron chi connectivity index (χ4n) is 2.83. The zero-order valence-electron chi connectivity index (χ0n) is 11.6. The molecule has 1 N–H and O–H groups in total. The predicted molar refractivity (Wildman–Crippen MR) is 76.7 cm³/mol. The Labute approximate surface area is 113 Å². The summed E-state index contributed by atoms with van der Waals surface area (Å²) in [6.45, 7) is 4.04. The molecule has 4 heteroatoms. The highest BCUT2D eigenvalue weighted by Crippen LogP contribution is 2.32. The number of nitrogens with zero attached hydrogens (tertiary/aromatic N) is 3. The highest BCUT2D eigenvalue weighted by Gasteiger charge is 2.19. The molecule has 1 saturated carbocycles. The first-order valence-corrected chi connectivity index (χ1v) is 6.98. The van der Waals surface area contributed by atoms with Crippen molar-refractivity contribution in [3.05, 3.63) is 35.9 Å². The van der Waals surface area contributed by atoms with E-state index in [0.29, 0.717) is 6.04 Å². The van der Waals surface area contributed by atoms with Gasteiger partial charge in [-0.05, 0) is 38.8 Å². The first kappa shape index (κ1) is 12.2. The zero-order chi connectivity index (χ0) is 13.2. The molecule has 1 fully saturated rings. The molecule has 0 bridgehead atoms. The van der Waals surface area contributed by atoms with Crippen molar-refractivity contribution in [2.24, 2.45) is 0 Å². The fraction of sp³-hybridized carbons (Fsp3) is 0.467. The van der Waals surface area contributed by atoms with E-state index in [4.69, 9.17) is 0 Å². The number of imidazole rings is 1. The summed E-state index contributed by atoms with van der Waals surface area (Å²) in [5, 5.41) is 3.41. The van der Waals surface area contributed by atoms with Gasteiger partial charge in [-0.25, -0.2) is 4.98 Å².